The molecule has 0 N–H and O–H groups in total. The van der Waals surface area contributed by atoms with Gasteiger partial charge in [0.25, 0.3) is 0 Å². The summed E-state index contributed by atoms with van der Waals surface area (Å²) >= 11 is 0. The van der Waals surface area contributed by atoms with Crippen LogP contribution in [0.5, 0.6) is 0 Å². The lowest BCUT2D eigenvalue weighted by atomic mass is 10.2. The first-order valence-corrected chi connectivity index (χ1v) is 8.99. The Morgan fingerprint density at radius 3 is 1.47 bits per heavy atom. The molecule has 0 saturated heterocycles. The van der Waals surface area contributed by atoms with Crippen molar-refractivity contribution in [2.45, 2.75) is 13.1 Å². The largest absolute Gasteiger partial charge is 0.307 e. The lowest BCUT2D eigenvalue weighted by Crippen LogP contribution is -2.18. The first-order chi connectivity index (χ1) is 9.05. The van der Waals surface area contributed by atoms with E-state index in [0.29, 0.717) is 0 Å². The highest BCUT2D eigenvalue weighted by Crippen LogP contribution is 2.43. The Hall–Kier alpha value is -1.37. The number of hydrogen-bond acceptors (Lipinski definition) is 1. The quantitative estimate of drug-likeness (QED) is 0.760. The molecule has 3 heteroatoms. The van der Waals surface area contributed by atoms with Gasteiger partial charge in [0.15, 0.2) is 0 Å². The minimum Gasteiger partial charge on any atom is -0.307 e. The number of benzene rings is 2. The Balaban J connectivity index is 2.16. The topological polar surface area (TPSA) is 20.3 Å². The van der Waals surface area contributed by atoms with Crippen molar-refractivity contribution in [3.8, 4) is 0 Å². The molecule has 0 saturated carbocycles. The molecule has 2 aromatic carbocycles. The van der Waals surface area contributed by atoms with Crippen LogP contribution in [0.3, 0.4) is 0 Å². The third kappa shape index (κ3) is 4.34. The smallest absolute Gasteiger partial charge is 0.145 e. The number of rotatable bonds is 5. The minimum atomic E-state index is -2.27. The van der Waals surface area contributed by atoms with Crippen molar-refractivity contribution < 1.29 is 4.57 Å². The molecule has 19 heavy (non-hydrogen) atoms. The van der Waals surface area contributed by atoms with Crippen LogP contribution in [-0.4, -0.2) is 18.0 Å². The van der Waals surface area contributed by atoms with Gasteiger partial charge in [0.05, 0.1) is 0 Å². The summed E-state index contributed by atoms with van der Waals surface area (Å²) in [6.07, 6.45) is 0. The Kier molecular flexibility index (Phi) is 4.57. The van der Waals surface area contributed by atoms with Gasteiger partial charge in [-0.05, 0) is 11.1 Å². The van der Waals surface area contributed by atoms with Crippen LogP contribution in [0.25, 0.3) is 0 Å². The van der Waals surface area contributed by atoms with Crippen LogP contribution < -0.4 is 0 Å². The van der Waals surface area contributed by atoms with E-state index < -0.39 is 7.29 Å². The summed E-state index contributed by atoms with van der Waals surface area (Å²) in [6, 6.07) is 20.4. The van der Waals surface area contributed by atoms with Crippen molar-refractivity contribution >= 4 is 7.29 Å². The van der Waals surface area contributed by atoms with Crippen molar-refractivity contribution in [1.29, 1.82) is 0 Å². The lowest BCUT2D eigenvalue weighted by Gasteiger charge is -2.26. The SMILES string of the molecule is CP(C)(=O)N(Cc1ccccc1)Cc1ccccc1. The Labute approximate surface area is 115 Å². The van der Waals surface area contributed by atoms with Crippen LogP contribution in [0.15, 0.2) is 60.7 Å². The molecule has 0 fully saturated rings. The van der Waals surface area contributed by atoms with Crippen molar-refractivity contribution in [3.05, 3.63) is 71.8 Å². The minimum absolute atomic E-state index is 0.722. The summed E-state index contributed by atoms with van der Waals surface area (Å²) in [5, 5.41) is 0. The summed E-state index contributed by atoms with van der Waals surface area (Å²) in [7, 11) is -2.27. The molecule has 0 aliphatic heterocycles. The Morgan fingerprint density at radius 1 is 0.789 bits per heavy atom. The van der Waals surface area contributed by atoms with Gasteiger partial charge in [-0.2, -0.15) is 0 Å². The van der Waals surface area contributed by atoms with Gasteiger partial charge < -0.3 is 4.57 Å². The average Bonchev–Trinajstić information content (AvgIpc) is 2.39. The van der Waals surface area contributed by atoms with E-state index in [-0.39, 0.29) is 0 Å². The van der Waals surface area contributed by atoms with Gasteiger partial charge in [-0.3, -0.25) is 0 Å². The van der Waals surface area contributed by atoms with Crippen LogP contribution in [-0.2, 0) is 17.7 Å². The fourth-order valence-electron chi connectivity index (χ4n) is 1.98. The predicted molar refractivity (Wildman–Crippen MR) is 81.6 cm³/mol. The van der Waals surface area contributed by atoms with E-state index in [1.807, 2.05) is 49.7 Å². The molecule has 2 aromatic rings. The second-order valence-corrected chi connectivity index (χ2v) is 8.24. The molecule has 2 rings (SSSR count). The second-order valence-electron chi connectivity index (χ2n) is 5.09. The maximum atomic E-state index is 12.4. The van der Waals surface area contributed by atoms with Crippen molar-refractivity contribution in [3.63, 3.8) is 0 Å². The third-order valence-corrected chi connectivity index (χ3v) is 4.74. The summed E-state index contributed by atoms with van der Waals surface area (Å²) in [5.41, 5.74) is 2.39. The molecule has 0 aliphatic rings. The van der Waals surface area contributed by atoms with Gasteiger partial charge in [0.1, 0.15) is 7.29 Å². The normalized spacial score (nSPS) is 11.7. The van der Waals surface area contributed by atoms with Gasteiger partial charge in [-0.15, -0.1) is 0 Å². The molecule has 0 aliphatic carbocycles. The number of hydrogen-bond donors (Lipinski definition) is 0. The van der Waals surface area contributed by atoms with Crippen molar-refractivity contribution in [2.24, 2.45) is 0 Å². The fraction of sp³-hybridized carbons (Fsp3) is 0.250. The summed E-state index contributed by atoms with van der Waals surface area (Å²) in [5.74, 6) is 0. The monoisotopic (exact) mass is 273 g/mol. The van der Waals surface area contributed by atoms with Gasteiger partial charge in [-0.1, -0.05) is 60.7 Å². The van der Waals surface area contributed by atoms with Crippen molar-refractivity contribution in [2.75, 3.05) is 13.3 Å². The zero-order valence-corrected chi connectivity index (χ0v) is 12.4. The van der Waals surface area contributed by atoms with E-state index in [0.717, 1.165) is 13.1 Å². The predicted octanol–water partition coefficient (Wildman–Crippen LogP) is 4.23. The molecule has 0 radical (unpaired) electrons. The number of nitrogens with zero attached hydrogens (tertiary/aromatic N) is 1. The van der Waals surface area contributed by atoms with E-state index in [1.54, 1.807) is 0 Å². The molecule has 0 atom stereocenters. The molecule has 0 spiro atoms. The van der Waals surface area contributed by atoms with Crippen LogP contribution >= 0.6 is 7.29 Å². The van der Waals surface area contributed by atoms with Crippen LogP contribution in [0.4, 0.5) is 0 Å². The van der Waals surface area contributed by atoms with Crippen molar-refractivity contribution in [1.82, 2.24) is 4.67 Å². The summed E-state index contributed by atoms with van der Waals surface area (Å²) in [4.78, 5) is 0. The van der Waals surface area contributed by atoms with E-state index >= 15 is 0 Å². The van der Waals surface area contributed by atoms with Crippen LogP contribution in [0, 0.1) is 0 Å². The summed E-state index contributed by atoms with van der Waals surface area (Å²) in [6.45, 7) is 5.11. The van der Waals surface area contributed by atoms with Gasteiger partial charge in [-0.25, -0.2) is 4.67 Å². The molecule has 0 heterocycles. The molecule has 0 unspecified atom stereocenters. The third-order valence-electron chi connectivity index (χ3n) is 3.10. The second kappa shape index (κ2) is 6.18. The highest BCUT2D eigenvalue weighted by atomic mass is 31.2. The Bertz CT molecular complexity index is 506. The maximum Gasteiger partial charge on any atom is 0.145 e. The molecular formula is C16H20NOP. The van der Waals surface area contributed by atoms with Crippen LogP contribution in [0.1, 0.15) is 11.1 Å². The van der Waals surface area contributed by atoms with Crippen LogP contribution in [0.2, 0.25) is 0 Å². The highest BCUT2D eigenvalue weighted by Gasteiger charge is 2.19. The van der Waals surface area contributed by atoms with E-state index in [4.69, 9.17) is 0 Å². The first kappa shape index (κ1) is 14.0. The van der Waals surface area contributed by atoms with Gasteiger partial charge in [0.2, 0.25) is 0 Å². The summed E-state index contributed by atoms with van der Waals surface area (Å²) < 4.78 is 14.5. The molecule has 0 bridgehead atoms. The molecule has 2 nitrogen and oxygen atoms in total. The van der Waals surface area contributed by atoms with E-state index in [9.17, 15) is 4.57 Å². The molecule has 0 amide bonds. The zero-order valence-electron chi connectivity index (χ0n) is 11.5. The Morgan fingerprint density at radius 2 is 1.16 bits per heavy atom. The molecule has 0 aromatic heterocycles. The molecular weight excluding hydrogens is 253 g/mol. The maximum absolute atomic E-state index is 12.4. The molecule has 100 valence electrons. The lowest BCUT2D eigenvalue weighted by molar-refractivity contribution is 0.406. The van der Waals surface area contributed by atoms with Gasteiger partial charge >= 0.3 is 0 Å². The van der Waals surface area contributed by atoms with Gasteiger partial charge in [0, 0.05) is 26.4 Å². The first-order valence-electron chi connectivity index (χ1n) is 6.44. The zero-order chi connectivity index (χ0) is 13.7. The fourth-order valence-corrected chi connectivity index (χ4v) is 2.99. The average molecular weight is 273 g/mol. The van der Waals surface area contributed by atoms with E-state index in [1.165, 1.54) is 11.1 Å². The van der Waals surface area contributed by atoms with E-state index in [2.05, 4.69) is 28.9 Å². The standard InChI is InChI=1S/C16H20NOP/c1-19(2,18)17(13-15-9-5-3-6-10-15)14-16-11-7-4-8-12-16/h3-12H,13-14H2,1-2H3. The highest BCUT2D eigenvalue weighted by molar-refractivity contribution is 7.59.